The topological polar surface area (TPSA) is 99.4 Å². The zero-order chi connectivity index (χ0) is 17.4. The number of nitrogens with zero attached hydrogens (tertiary/aromatic N) is 2. The Kier molecular flexibility index (Phi) is 3.84. The van der Waals surface area contributed by atoms with E-state index in [1.54, 1.807) is 0 Å². The van der Waals surface area contributed by atoms with Crippen molar-refractivity contribution in [2.75, 3.05) is 4.90 Å². The molecule has 2 heterocycles. The van der Waals surface area contributed by atoms with Gasteiger partial charge in [-0.1, -0.05) is 25.1 Å². The molecule has 0 aliphatic carbocycles. The van der Waals surface area contributed by atoms with Crippen molar-refractivity contribution in [1.82, 2.24) is 9.97 Å². The van der Waals surface area contributed by atoms with E-state index in [4.69, 9.17) is 4.42 Å². The van der Waals surface area contributed by atoms with E-state index in [1.807, 2.05) is 37.4 Å². The fraction of sp³-hybridized carbons (Fsp3) is 0.235. The van der Waals surface area contributed by atoms with Gasteiger partial charge in [-0.15, -0.1) is 0 Å². The van der Waals surface area contributed by atoms with Crippen molar-refractivity contribution in [3.8, 4) is 5.88 Å². The van der Waals surface area contributed by atoms with Gasteiger partial charge in [0.1, 0.15) is 0 Å². The molecule has 3 aromatic rings. The molecule has 2 amide bonds. The van der Waals surface area contributed by atoms with Crippen LogP contribution in [0.1, 0.15) is 38.0 Å². The van der Waals surface area contributed by atoms with E-state index in [2.05, 4.69) is 9.97 Å². The van der Waals surface area contributed by atoms with Gasteiger partial charge in [-0.3, -0.25) is 9.59 Å². The summed E-state index contributed by atoms with van der Waals surface area (Å²) in [6.07, 6.45) is 1.84. The molecule has 24 heavy (non-hydrogen) atoms. The Bertz CT molecular complexity index is 911. The number of amides is 2. The van der Waals surface area contributed by atoms with Crippen LogP contribution in [-0.2, 0) is 9.59 Å². The summed E-state index contributed by atoms with van der Waals surface area (Å²) in [5.74, 6) is -1.52. The molecule has 0 saturated carbocycles. The second-order valence-corrected chi connectivity index (χ2v) is 5.57. The van der Waals surface area contributed by atoms with E-state index in [0.717, 1.165) is 21.4 Å². The van der Waals surface area contributed by atoms with Gasteiger partial charge in [0.15, 0.2) is 5.76 Å². The first-order valence-electron chi connectivity index (χ1n) is 7.47. The number of benzene rings is 1. The fourth-order valence-corrected chi connectivity index (χ4v) is 2.77. The van der Waals surface area contributed by atoms with Gasteiger partial charge < -0.3 is 14.5 Å². The van der Waals surface area contributed by atoms with Crippen molar-refractivity contribution >= 4 is 28.7 Å². The summed E-state index contributed by atoms with van der Waals surface area (Å²) in [5, 5.41) is 11.1. The number of para-hydroxylation sites is 1. The van der Waals surface area contributed by atoms with Crippen LogP contribution in [0.5, 0.6) is 5.88 Å². The molecular weight excluding hydrogens is 310 g/mol. The second kappa shape index (κ2) is 5.84. The average Bonchev–Trinajstić information content (AvgIpc) is 3.10. The predicted molar refractivity (Wildman–Crippen MR) is 87.8 cm³/mol. The van der Waals surface area contributed by atoms with Crippen LogP contribution in [-0.4, -0.2) is 26.9 Å². The molecule has 7 heteroatoms. The van der Waals surface area contributed by atoms with Crippen LogP contribution in [0.2, 0.25) is 0 Å². The molecule has 7 nitrogen and oxygen atoms in total. The molecule has 0 bridgehead atoms. The van der Waals surface area contributed by atoms with Gasteiger partial charge >= 0.3 is 6.01 Å². The van der Waals surface area contributed by atoms with Gasteiger partial charge in [0.05, 0.1) is 0 Å². The molecule has 1 aromatic carbocycles. The highest BCUT2D eigenvalue weighted by Gasteiger charge is 2.28. The fourth-order valence-electron chi connectivity index (χ4n) is 2.77. The predicted octanol–water partition coefficient (Wildman–Crippen LogP) is 2.91. The van der Waals surface area contributed by atoms with Gasteiger partial charge in [-0.2, -0.15) is 4.98 Å². The van der Waals surface area contributed by atoms with Crippen LogP contribution in [0, 0.1) is 0 Å². The maximum Gasteiger partial charge on any atom is 0.314 e. The Morgan fingerprint density at radius 3 is 2.58 bits per heavy atom. The van der Waals surface area contributed by atoms with Gasteiger partial charge in [0.25, 0.3) is 5.88 Å². The van der Waals surface area contributed by atoms with E-state index in [0.29, 0.717) is 0 Å². The van der Waals surface area contributed by atoms with Crippen LogP contribution < -0.4 is 4.90 Å². The Hall–Kier alpha value is -3.09. The van der Waals surface area contributed by atoms with Gasteiger partial charge in [-0.05, 0) is 11.6 Å². The lowest BCUT2D eigenvalue weighted by atomic mass is 9.98. The second-order valence-electron chi connectivity index (χ2n) is 5.57. The third-order valence-electron chi connectivity index (χ3n) is 3.93. The lowest BCUT2D eigenvalue weighted by Crippen LogP contribution is -2.33. The lowest BCUT2D eigenvalue weighted by molar-refractivity contribution is -0.124. The number of oxazole rings is 1. The number of carbonyl (C=O) groups excluding carboxylic acids is 2. The lowest BCUT2D eigenvalue weighted by Gasteiger charge is -2.11. The minimum Gasteiger partial charge on any atom is -0.491 e. The minimum absolute atomic E-state index is 0.197. The number of carbonyl (C=O) groups is 2. The first-order chi connectivity index (χ1) is 11.4. The largest absolute Gasteiger partial charge is 0.491 e. The van der Waals surface area contributed by atoms with E-state index in [9.17, 15) is 14.7 Å². The number of hydrogen-bond acceptors (Lipinski definition) is 5. The molecule has 1 unspecified atom stereocenters. The van der Waals surface area contributed by atoms with Crippen molar-refractivity contribution in [3.63, 3.8) is 0 Å². The summed E-state index contributed by atoms with van der Waals surface area (Å²) >= 11 is 0. The maximum absolute atomic E-state index is 11.6. The summed E-state index contributed by atoms with van der Waals surface area (Å²) in [6, 6.07) is 7.53. The van der Waals surface area contributed by atoms with Crippen LogP contribution in [0.25, 0.3) is 10.9 Å². The van der Waals surface area contributed by atoms with Crippen molar-refractivity contribution in [1.29, 1.82) is 0 Å². The van der Waals surface area contributed by atoms with Crippen molar-refractivity contribution in [2.45, 2.75) is 26.7 Å². The maximum atomic E-state index is 11.6. The quantitative estimate of drug-likeness (QED) is 0.770. The highest BCUT2D eigenvalue weighted by molar-refractivity contribution is 6.11. The minimum atomic E-state index is -0.532. The number of H-pyrrole nitrogens is 1. The summed E-state index contributed by atoms with van der Waals surface area (Å²) in [5.41, 5.74) is 1.88. The molecule has 0 saturated heterocycles. The van der Waals surface area contributed by atoms with Crippen LogP contribution in [0.15, 0.2) is 34.9 Å². The van der Waals surface area contributed by atoms with Crippen molar-refractivity contribution in [3.05, 3.63) is 41.8 Å². The van der Waals surface area contributed by atoms with Crippen LogP contribution >= 0.6 is 0 Å². The van der Waals surface area contributed by atoms with Crippen LogP contribution in [0.3, 0.4) is 0 Å². The Morgan fingerprint density at radius 1 is 1.25 bits per heavy atom. The third-order valence-corrected chi connectivity index (χ3v) is 3.93. The summed E-state index contributed by atoms with van der Waals surface area (Å²) in [6.45, 7) is 4.31. The van der Waals surface area contributed by atoms with Crippen molar-refractivity contribution < 1.29 is 19.1 Å². The number of fused-ring (bicyclic) bond motifs is 1. The van der Waals surface area contributed by atoms with E-state index >= 15 is 0 Å². The molecular formula is C17H17N3O4. The molecule has 2 N–H and O–H groups in total. The Labute approximate surface area is 137 Å². The zero-order valence-corrected chi connectivity index (χ0v) is 13.5. The first kappa shape index (κ1) is 15.8. The number of nitrogens with one attached hydrogen (secondary N) is 1. The molecule has 0 radical (unpaired) electrons. The summed E-state index contributed by atoms with van der Waals surface area (Å²) in [7, 11) is 0. The SMILES string of the molecule is CC(=O)N(C(C)=O)c1nc(O)c(C(C)c2c[nH]c3ccccc23)o1. The van der Waals surface area contributed by atoms with Gasteiger partial charge in [0.2, 0.25) is 11.8 Å². The van der Waals surface area contributed by atoms with E-state index in [-0.39, 0.29) is 23.6 Å². The molecule has 0 aliphatic heterocycles. The highest BCUT2D eigenvalue weighted by Crippen LogP contribution is 2.37. The molecule has 3 rings (SSSR count). The standard InChI is InChI=1S/C17H17N3O4/c1-9(13-8-18-14-7-5-4-6-12(13)14)15-16(23)19-17(24-15)20(10(2)21)11(3)22/h4-9,18,23H,1-3H3. The number of imide groups is 1. The zero-order valence-electron chi connectivity index (χ0n) is 13.5. The summed E-state index contributed by atoms with van der Waals surface area (Å²) < 4.78 is 5.54. The molecule has 2 aromatic heterocycles. The normalized spacial score (nSPS) is 12.3. The first-order valence-corrected chi connectivity index (χ1v) is 7.47. The smallest absolute Gasteiger partial charge is 0.314 e. The molecule has 0 aliphatic rings. The average molecular weight is 327 g/mol. The number of aromatic hydroxyl groups is 1. The third kappa shape index (κ3) is 2.54. The number of anilines is 1. The number of hydrogen-bond donors (Lipinski definition) is 2. The van der Waals surface area contributed by atoms with Crippen LogP contribution in [0.4, 0.5) is 6.01 Å². The molecule has 0 fully saturated rings. The van der Waals surface area contributed by atoms with E-state index in [1.165, 1.54) is 13.8 Å². The monoisotopic (exact) mass is 327 g/mol. The highest BCUT2D eigenvalue weighted by atomic mass is 16.4. The molecule has 124 valence electrons. The van der Waals surface area contributed by atoms with Crippen molar-refractivity contribution in [2.24, 2.45) is 0 Å². The summed E-state index contributed by atoms with van der Waals surface area (Å²) in [4.78, 5) is 31.0. The molecule has 0 spiro atoms. The van der Waals surface area contributed by atoms with Gasteiger partial charge in [-0.25, -0.2) is 4.90 Å². The molecule has 1 atom stereocenters. The number of aromatic nitrogens is 2. The Balaban J connectivity index is 2.04. The number of rotatable bonds is 3. The van der Waals surface area contributed by atoms with E-state index < -0.39 is 11.8 Å². The number of aromatic amines is 1. The van der Waals surface area contributed by atoms with Gasteiger partial charge in [0, 0.05) is 36.9 Å². The Morgan fingerprint density at radius 2 is 1.92 bits per heavy atom.